The number of ether oxygens (including phenoxy) is 1. The van der Waals surface area contributed by atoms with Crippen molar-refractivity contribution in [2.75, 3.05) is 5.32 Å². The Morgan fingerprint density at radius 1 is 1.24 bits per heavy atom. The van der Waals surface area contributed by atoms with Gasteiger partial charge in [0.2, 0.25) is 0 Å². The number of ketones is 1. The van der Waals surface area contributed by atoms with E-state index in [0.717, 1.165) is 0 Å². The number of Topliss-reactive ketones (excluding diaryl/α,β-unsaturated/α-hetero) is 1. The van der Waals surface area contributed by atoms with E-state index in [2.05, 4.69) is 5.32 Å². The molecule has 0 aliphatic carbocycles. The fraction of sp³-hybridized carbons (Fsp3) is 0.357. The molecule has 0 aliphatic rings. The minimum atomic E-state index is -0.990. The summed E-state index contributed by atoms with van der Waals surface area (Å²) in [6.45, 7) is 2.82. The predicted octanol–water partition coefficient (Wildman–Crippen LogP) is 3.23. The van der Waals surface area contributed by atoms with Gasteiger partial charge in [0.1, 0.15) is 5.78 Å². The Kier molecular flexibility index (Phi) is 6.65. The first-order chi connectivity index (χ1) is 9.79. The van der Waals surface area contributed by atoms with E-state index in [4.69, 9.17) is 27.9 Å². The maximum atomic E-state index is 11.9. The third-order valence-electron chi connectivity index (χ3n) is 2.55. The van der Waals surface area contributed by atoms with Gasteiger partial charge in [0, 0.05) is 11.4 Å². The van der Waals surface area contributed by atoms with Crippen LogP contribution >= 0.6 is 23.2 Å². The van der Waals surface area contributed by atoms with Crippen molar-refractivity contribution in [3.05, 3.63) is 28.2 Å². The average Bonchev–Trinajstić information content (AvgIpc) is 2.39. The minimum absolute atomic E-state index is 0.0470. The normalized spacial score (nSPS) is 11.6. The molecule has 1 aromatic carbocycles. The number of nitrogens with one attached hydrogen (secondary N) is 1. The lowest BCUT2D eigenvalue weighted by Crippen LogP contribution is -2.30. The van der Waals surface area contributed by atoms with Crippen LogP contribution in [0, 0.1) is 0 Å². The first-order valence-corrected chi connectivity index (χ1v) is 7.00. The number of anilines is 1. The zero-order chi connectivity index (χ0) is 16.0. The summed E-state index contributed by atoms with van der Waals surface area (Å²) in [6, 6.07) is 4.61. The number of carbonyl (C=O) groups is 3. The third kappa shape index (κ3) is 6.14. The molecule has 1 N–H and O–H groups in total. The summed E-state index contributed by atoms with van der Waals surface area (Å²) in [7, 11) is 0. The van der Waals surface area contributed by atoms with Crippen molar-refractivity contribution in [3.63, 3.8) is 0 Å². The van der Waals surface area contributed by atoms with Crippen molar-refractivity contribution in [3.8, 4) is 0 Å². The van der Waals surface area contributed by atoms with Crippen LogP contribution < -0.4 is 5.32 Å². The molecule has 1 aromatic rings. The highest BCUT2D eigenvalue weighted by Gasteiger charge is 2.19. The molecular weight excluding hydrogens is 317 g/mol. The van der Waals surface area contributed by atoms with E-state index >= 15 is 0 Å². The summed E-state index contributed by atoms with van der Waals surface area (Å²) < 4.78 is 4.93. The fourth-order valence-corrected chi connectivity index (χ4v) is 1.87. The van der Waals surface area contributed by atoms with Crippen LogP contribution in [0.2, 0.25) is 10.0 Å². The van der Waals surface area contributed by atoms with Gasteiger partial charge in [0.25, 0.3) is 5.91 Å². The van der Waals surface area contributed by atoms with E-state index in [1.165, 1.54) is 19.9 Å². The van der Waals surface area contributed by atoms with Crippen LogP contribution in [0.25, 0.3) is 0 Å². The lowest BCUT2D eigenvalue weighted by molar-refractivity contribution is -0.153. The van der Waals surface area contributed by atoms with Gasteiger partial charge in [-0.05, 0) is 32.0 Å². The zero-order valence-corrected chi connectivity index (χ0v) is 13.1. The molecule has 1 rings (SSSR count). The van der Waals surface area contributed by atoms with Gasteiger partial charge < -0.3 is 14.8 Å². The molecule has 1 amide bonds. The topological polar surface area (TPSA) is 72.5 Å². The van der Waals surface area contributed by atoms with Gasteiger partial charge in [-0.2, -0.15) is 0 Å². The molecule has 5 nitrogen and oxygen atoms in total. The Hall–Kier alpha value is -1.59. The van der Waals surface area contributed by atoms with E-state index < -0.39 is 18.0 Å². The Morgan fingerprint density at radius 3 is 2.48 bits per heavy atom. The monoisotopic (exact) mass is 331 g/mol. The molecule has 0 radical (unpaired) electrons. The van der Waals surface area contributed by atoms with Gasteiger partial charge in [0.05, 0.1) is 17.1 Å². The second kappa shape index (κ2) is 8.00. The first-order valence-electron chi connectivity index (χ1n) is 6.24. The summed E-state index contributed by atoms with van der Waals surface area (Å²) in [5.74, 6) is -1.23. The average molecular weight is 332 g/mol. The predicted molar refractivity (Wildman–Crippen MR) is 80.6 cm³/mol. The highest BCUT2D eigenvalue weighted by atomic mass is 35.5. The molecule has 0 fully saturated rings. The molecule has 0 aliphatic heterocycles. The molecule has 0 spiro atoms. The number of amides is 1. The van der Waals surface area contributed by atoms with Gasteiger partial charge in [-0.15, -0.1) is 0 Å². The third-order valence-corrected chi connectivity index (χ3v) is 3.10. The SMILES string of the molecule is CC(=O)CCC(=O)O[C@@H](C)C(=O)Nc1ccc(Cl)cc1Cl. The smallest absolute Gasteiger partial charge is 0.307 e. The molecule has 0 saturated carbocycles. The summed E-state index contributed by atoms with van der Waals surface area (Å²) in [6.07, 6.45) is -0.943. The highest BCUT2D eigenvalue weighted by molar-refractivity contribution is 6.36. The minimum Gasteiger partial charge on any atom is -0.453 e. The van der Waals surface area contributed by atoms with Crippen LogP contribution in [0.5, 0.6) is 0 Å². The number of benzene rings is 1. The lowest BCUT2D eigenvalue weighted by atomic mass is 10.2. The van der Waals surface area contributed by atoms with Crippen LogP contribution in [-0.2, 0) is 19.1 Å². The Labute approximate surface area is 132 Å². The van der Waals surface area contributed by atoms with Crippen molar-refractivity contribution >= 4 is 46.5 Å². The number of hydrogen-bond acceptors (Lipinski definition) is 4. The molecule has 114 valence electrons. The number of hydrogen-bond donors (Lipinski definition) is 1. The lowest BCUT2D eigenvalue weighted by Gasteiger charge is -2.14. The second-order valence-electron chi connectivity index (χ2n) is 4.45. The van der Waals surface area contributed by atoms with Gasteiger partial charge in [-0.3, -0.25) is 9.59 Å². The molecule has 21 heavy (non-hydrogen) atoms. The van der Waals surface area contributed by atoms with Crippen molar-refractivity contribution < 1.29 is 19.1 Å². The quantitative estimate of drug-likeness (QED) is 0.812. The maximum Gasteiger partial charge on any atom is 0.307 e. The standard InChI is InChI=1S/C14H15Cl2NO4/c1-8(18)3-6-13(19)21-9(2)14(20)17-12-5-4-10(15)7-11(12)16/h4-5,7,9H,3,6H2,1-2H3,(H,17,20)/t9-/m0/s1. The van der Waals surface area contributed by atoms with E-state index in [1.807, 2.05) is 0 Å². The molecule has 0 bridgehead atoms. The molecule has 0 saturated heterocycles. The summed E-state index contributed by atoms with van der Waals surface area (Å²) in [5, 5.41) is 3.26. The molecule has 1 atom stereocenters. The highest BCUT2D eigenvalue weighted by Crippen LogP contribution is 2.25. The molecule has 0 unspecified atom stereocenters. The fourth-order valence-electron chi connectivity index (χ4n) is 1.41. The van der Waals surface area contributed by atoms with Crippen LogP contribution in [0.3, 0.4) is 0 Å². The van der Waals surface area contributed by atoms with Gasteiger partial charge >= 0.3 is 5.97 Å². The largest absolute Gasteiger partial charge is 0.453 e. The molecule has 0 heterocycles. The van der Waals surface area contributed by atoms with E-state index in [0.29, 0.717) is 10.7 Å². The summed E-state index contributed by atoms with van der Waals surface area (Å²) in [5.41, 5.74) is 0.373. The van der Waals surface area contributed by atoms with E-state index in [1.54, 1.807) is 12.1 Å². The molecular formula is C14H15Cl2NO4. The van der Waals surface area contributed by atoms with Crippen molar-refractivity contribution in [1.29, 1.82) is 0 Å². The summed E-state index contributed by atoms with van der Waals surface area (Å²) in [4.78, 5) is 34.1. The number of rotatable bonds is 6. The van der Waals surface area contributed by atoms with Crippen LogP contribution in [0.1, 0.15) is 26.7 Å². The van der Waals surface area contributed by atoms with Gasteiger partial charge in [-0.1, -0.05) is 23.2 Å². The first kappa shape index (κ1) is 17.5. The Bertz CT molecular complexity index is 560. The Morgan fingerprint density at radius 2 is 1.90 bits per heavy atom. The van der Waals surface area contributed by atoms with Crippen LogP contribution in [0.4, 0.5) is 5.69 Å². The molecule has 7 heteroatoms. The second-order valence-corrected chi connectivity index (χ2v) is 5.29. The maximum absolute atomic E-state index is 11.9. The van der Waals surface area contributed by atoms with Crippen molar-refractivity contribution in [1.82, 2.24) is 0 Å². The van der Waals surface area contributed by atoms with E-state index in [-0.39, 0.29) is 23.6 Å². The number of carbonyl (C=O) groups excluding carboxylic acids is 3. The van der Waals surface area contributed by atoms with Gasteiger partial charge in [-0.25, -0.2) is 0 Å². The summed E-state index contributed by atoms with van der Waals surface area (Å²) >= 11 is 11.7. The van der Waals surface area contributed by atoms with Crippen molar-refractivity contribution in [2.45, 2.75) is 32.8 Å². The van der Waals surface area contributed by atoms with E-state index in [9.17, 15) is 14.4 Å². The number of halogens is 2. The van der Waals surface area contributed by atoms with Crippen LogP contribution in [0.15, 0.2) is 18.2 Å². The number of esters is 1. The zero-order valence-electron chi connectivity index (χ0n) is 11.6. The van der Waals surface area contributed by atoms with Crippen LogP contribution in [-0.4, -0.2) is 23.8 Å². The molecule has 0 aromatic heterocycles. The van der Waals surface area contributed by atoms with Crippen molar-refractivity contribution in [2.24, 2.45) is 0 Å². The Balaban J connectivity index is 2.54. The van der Waals surface area contributed by atoms with Gasteiger partial charge in [0.15, 0.2) is 6.10 Å².